The van der Waals surface area contributed by atoms with E-state index in [2.05, 4.69) is 5.32 Å². The highest BCUT2D eigenvalue weighted by molar-refractivity contribution is 6.04. The molecule has 0 aliphatic rings. The molecule has 0 spiro atoms. The highest BCUT2D eigenvalue weighted by Crippen LogP contribution is 2.31. The number of ether oxygens (including phenoxy) is 3. The molecule has 0 saturated carbocycles. The smallest absolute Gasteiger partial charge is 0.255 e. The Bertz CT molecular complexity index is 766. The minimum Gasteiger partial charge on any atom is -0.487 e. The number of hydrogen-bond donors (Lipinski definition) is 2. The Morgan fingerprint density at radius 2 is 1.89 bits per heavy atom. The molecule has 6 nitrogen and oxygen atoms in total. The van der Waals surface area contributed by atoms with Gasteiger partial charge in [0.15, 0.2) is 11.5 Å². The standard InChI is InChI=1S/C20H23FN2O4/c1-25-9-10-26-19-11-17(23-20(24)16-5-3-2-4-6-16)7-8-18(19)27-14-15(12-21)13-22/h2-8,11-12H,9-10,13-14,22H2,1H3,(H,23,24)/b15-12-. The predicted octanol–water partition coefficient (Wildman–Crippen LogP) is 3.16. The van der Waals surface area contributed by atoms with Gasteiger partial charge in [0.2, 0.25) is 0 Å². The molecule has 0 aliphatic heterocycles. The first-order valence-electron chi connectivity index (χ1n) is 8.41. The number of benzene rings is 2. The Hall–Kier alpha value is -2.90. The highest BCUT2D eigenvalue weighted by Gasteiger charge is 2.11. The lowest BCUT2D eigenvalue weighted by Gasteiger charge is -2.15. The van der Waals surface area contributed by atoms with E-state index in [9.17, 15) is 9.18 Å². The third kappa shape index (κ3) is 6.40. The van der Waals surface area contributed by atoms with E-state index in [1.54, 1.807) is 49.6 Å². The second kappa shape index (κ2) is 10.9. The molecule has 2 aromatic carbocycles. The maximum absolute atomic E-state index is 12.7. The molecule has 0 heterocycles. The lowest BCUT2D eigenvalue weighted by Crippen LogP contribution is -2.13. The molecule has 0 radical (unpaired) electrons. The predicted molar refractivity (Wildman–Crippen MR) is 102 cm³/mol. The fourth-order valence-corrected chi connectivity index (χ4v) is 2.15. The SMILES string of the molecule is COCCOc1cc(NC(=O)c2ccccc2)ccc1OC/C(=C\F)CN. The summed E-state index contributed by atoms with van der Waals surface area (Å²) in [7, 11) is 1.57. The number of anilines is 1. The van der Waals surface area contributed by atoms with Crippen molar-refractivity contribution in [2.24, 2.45) is 5.73 Å². The fourth-order valence-electron chi connectivity index (χ4n) is 2.15. The summed E-state index contributed by atoms with van der Waals surface area (Å²) >= 11 is 0. The lowest BCUT2D eigenvalue weighted by atomic mass is 10.2. The van der Waals surface area contributed by atoms with Gasteiger partial charge >= 0.3 is 0 Å². The van der Waals surface area contributed by atoms with Crippen LogP contribution in [0.1, 0.15) is 10.4 Å². The van der Waals surface area contributed by atoms with Crippen molar-refractivity contribution in [2.75, 3.05) is 38.8 Å². The zero-order valence-electron chi connectivity index (χ0n) is 15.1. The van der Waals surface area contributed by atoms with E-state index < -0.39 is 0 Å². The molecule has 144 valence electrons. The summed E-state index contributed by atoms with van der Waals surface area (Å²) in [5.74, 6) is 0.586. The van der Waals surface area contributed by atoms with E-state index in [4.69, 9.17) is 19.9 Å². The maximum Gasteiger partial charge on any atom is 0.255 e. The van der Waals surface area contributed by atoms with Crippen LogP contribution in [0.3, 0.4) is 0 Å². The number of carbonyl (C=O) groups excluding carboxylic acids is 1. The van der Waals surface area contributed by atoms with Gasteiger partial charge in [0.1, 0.15) is 13.2 Å². The first-order valence-corrected chi connectivity index (χ1v) is 8.41. The number of amides is 1. The van der Waals surface area contributed by atoms with Crippen molar-refractivity contribution in [3.63, 3.8) is 0 Å². The van der Waals surface area contributed by atoms with E-state index >= 15 is 0 Å². The first-order chi connectivity index (χ1) is 13.2. The molecule has 0 bridgehead atoms. The van der Waals surface area contributed by atoms with Gasteiger partial charge in [0.05, 0.1) is 12.9 Å². The molecule has 3 N–H and O–H groups in total. The summed E-state index contributed by atoms with van der Waals surface area (Å²) < 4.78 is 28.9. The van der Waals surface area contributed by atoms with Gasteiger partial charge < -0.3 is 25.3 Å². The molecule has 0 aliphatic carbocycles. The Labute approximate surface area is 157 Å². The molecular formula is C20H23FN2O4. The average molecular weight is 374 g/mol. The number of nitrogens with one attached hydrogen (secondary N) is 1. The number of methoxy groups -OCH3 is 1. The van der Waals surface area contributed by atoms with Crippen molar-refractivity contribution < 1.29 is 23.4 Å². The maximum atomic E-state index is 12.7. The Kier molecular flexibility index (Phi) is 8.28. The van der Waals surface area contributed by atoms with Crippen LogP contribution in [0.4, 0.5) is 10.1 Å². The molecule has 0 unspecified atom stereocenters. The monoisotopic (exact) mass is 374 g/mol. The van der Waals surface area contributed by atoms with Crippen LogP contribution >= 0.6 is 0 Å². The van der Waals surface area contributed by atoms with Gasteiger partial charge in [-0.05, 0) is 24.3 Å². The van der Waals surface area contributed by atoms with E-state index in [0.717, 1.165) is 0 Å². The molecule has 1 amide bonds. The molecule has 0 aromatic heterocycles. The topological polar surface area (TPSA) is 82.8 Å². The second-order valence-electron chi connectivity index (χ2n) is 5.58. The van der Waals surface area contributed by atoms with E-state index in [1.807, 2.05) is 6.07 Å². The van der Waals surface area contributed by atoms with Gasteiger partial charge in [-0.25, -0.2) is 4.39 Å². The molecular weight excluding hydrogens is 351 g/mol. The molecule has 7 heteroatoms. The van der Waals surface area contributed by atoms with Crippen LogP contribution in [0.2, 0.25) is 0 Å². The van der Waals surface area contributed by atoms with Gasteiger partial charge in [0, 0.05) is 36.5 Å². The Morgan fingerprint density at radius 1 is 1.11 bits per heavy atom. The zero-order valence-corrected chi connectivity index (χ0v) is 15.1. The zero-order chi connectivity index (χ0) is 19.5. The quantitative estimate of drug-likeness (QED) is 0.624. The van der Waals surface area contributed by atoms with Crippen LogP contribution < -0.4 is 20.5 Å². The van der Waals surface area contributed by atoms with Crippen molar-refractivity contribution in [1.29, 1.82) is 0 Å². The van der Waals surface area contributed by atoms with Crippen molar-refractivity contribution in [2.45, 2.75) is 0 Å². The summed E-state index contributed by atoms with van der Waals surface area (Å²) in [5, 5.41) is 2.81. The van der Waals surface area contributed by atoms with Gasteiger partial charge in [-0.1, -0.05) is 18.2 Å². The van der Waals surface area contributed by atoms with Crippen molar-refractivity contribution in [3.8, 4) is 11.5 Å². The summed E-state index contributed by atoms with van der Waals surface area (Å²) in [5.41, 5.74) is 6.84. The molecule has 2 aromatic rings. The molecule has 0 saturated heterocycles. The van der Waals surface area contributed by atoms with Crippen LogP contribution in [-0.2, 0) is 4.74 Å². The number of carbonyl (C=O) groups is 1. The molecule has 2 rings (SSSR count). The van der Waals surface area contributed by atoms with Crippen LogP contribution in [0.25, 0.3) is 0 Å². The number of hydrogen-bond acceptors (Lipinski definition) is 5. The minimum atomic E-state index is -0.238. The van der Waals surface area contributed by atoms with E-state index in [-0.39, 0.29) is 19.1 Å². The normalized spacial score (nSPS) is 11.1. The molecule has 0 fully saturated rings. The number of halogens is 1. The lowest BCUT2D eigenvalue weighted by molar-refractivity contribution is 0.102. The number of rotatable bonds is 10. The second-order valence-corrected chi connectivity index (χ2v) is 5.58. The third-order valence-electron chi connectivity index (χ3n) is 3.61. The van der Waals surface area contributed by atoms with E-state index in [0.29, 0.717) is 47.9 Å². The molecule has 0 atom stereocenters. The first kappa shape index (κ1) is 20.4. The summed E-state index contributed by atoms with van der Waals surface area (Å²) in [4.78, 5) is 12.3. The van der Waals surface area contributed by atoms with Crippen molar-refractivity contribution in [3.05, 3.63) is 66.0 Å². The van der Waals surface area contributed by atoms with Gasteiger partial charge in [0.25, 0.3) is 5.91 Å². The largest absolute Gasteiger partial charge is 0.487 e. The van der Waals surface area contributed by atoms with Gasteiger partial charge in [-0.3, -0.25) is 4.79 Å². The van der Waals surface area contributed by atoms with Crippen LogP contribution in [-0.4, -0.2) is 39.4 Å². The van der Waals surface area contributed by atoms with Crippen LogP contribution in [0.15, 0.2) is 60.4 Å². The third-order valence-corrected chi connectivity index (χ3v) is 3.61. The Balaban J connectivity index is 2.14. The van der Waals surface area contributed by atoms with Crippen molar-refractivity contribution >= 4 is 11.6 Å². The highest BCUT2D eigenvalue weighted by atomic mass is 19.1. The summed E-state index contributed by atoms with van der Waals surface area (Å²) in [6.45, 7) is 0.745. The average Bonchev–Trinajstić information content (AvgIpc) is 2.71. The van der Waals surface area contributed by atoms with Gasteiger partial charge in [-0.2, -0.15) is 0 Å². The summed E-state index contributed by atoms with van der Waals surface area (Å²) in [6, 6.07) is 13.8. The summed E-state index contributed by atoms with van der Waals surface area (Å²) in [6.07, 6.45) is 0.430. The van der Waals surface area contributed by atoms with Crippen molar-refractivity contribution in [1.82, 2.24) is 0 Å². The molecule has 27 heavy (non-hydrogen) atoms. The minimum absolute atomic E-state index is 0.00333. The van der Waals surface area contributed by atoms with Gasteiger partial charge in [-0.15, -0.1) is 0 Å². The van der Waals surface area contributed by atoms with E-state index in [1.165, 1.54) is 0 Å². The van der Waals surface area contributed by atoms with Crippen LogP contribution in [0, 0.1) is 0 Å². The fraction of sp³-hybridized carbons (Fsp3) is 0.250. The Morgan fingerprint density at radius 3 is 2.56 bits per heavy atom. The number of nitrogens with two attached hydrogens (primary N) is 1. The van der Waals surface area contributed by atoms with Crippen LogP contribution in [0.5, 0.6) is 11.5 Å².